The summed E-state index contributed by atoms with van der Waals surface area (Å²) in [5.74, 6) is -0.0507. The monoisotopic (exact) mass is 342 g/mol. The predicted molar refractivity (Wildman–Crippen MR) is 102 cm³/mol. The van der Waals surface area contributed by atoms with E-state index in [-0.39, 0.29) is 0 Å². The summed E-state index contributed by atoms with van der Waals surface area (Å²) in [6.07, 6.45) is 13.5. The van der Waals surface area contributed by atoms with Crippen LogP contribution in [-0.2, 0) is 9.53 Å². The lowest BCUT2D eigenvalue weighted by Crippen LogP contribution is -2.39. The van der Waals surface area contributed by atoms with Crippen LogP contribution in [0.2, 0.25) is 0 Å². The number of benzene rings is 1. The summed E-state index contributed by atoms with van der Waals surface area (Å²) in [5, 5.41) is 8.98. The van der Waals surface area contributed by atoms with Crippen LogP contribution in [0.25, 0.3) is 6.08 Å². The molecule has 0 spiro atoms. The number of allylic oxidation sites excluding steroid dienone is 5. The first-order valence-electron chi connectivity index (χ1n) is 8.08. The molecule has 1 aromatic rings. The second kappa shape index (κ2) is 10.3. The zero-order valence-corrected chi connectivity index (χ0v) is 15.2. The van der Waals surface area contributed by atoms with Crippen molar-refractivity contribution in [3.63, 3.8) is 0 Å². The zero-order valence-electron chi connectivity index (χ0n) is 15.2. The number of carboxylic acid groups (broad SMARTS) is 1. The van der Waals surface area contributed by atoms with Gasteiger partial charge in [-0.25, -0.2) is 4.79 Å². The maximum Gasteiger partial charge on any atom is 0.340 e. The van der Waals surface area contributed by atoms with Crippen LogP contribution in [-0.4, -0.2) is 30.9 Å². The summed E-state index contributed by atoms with van der Waals surface area (Å²) < 4.78 is 10.0. The number of rotatable bonds is 5. The third-order valence-electron chi connectivity index (χ3n) is 3.75. The molecule has 4 heteroatoms. The third-order valence-corrected chi connectivity index (χ3v) is 3.75. The van der Waals surface area contributed by atoms with Crippen molar-refractivity contribution in [1.29, 1.82) is 0 Å². The van der Waals surface area contributed by atoms with Gasteiger partial charge in [0.15, 0.2) is 5.60 Å². The number of aliphatic carboxylic acids is 1. The highest BCUT2D eigenvalue weighted by atomic mass is 16.5. The van der Waals surface area contributed by atoms with Crippen LogP contribution in [0.4, 0.5) is 0 Å². The maximum atomic E-state index is 10.9. The molecule has 2 rings (SSSR count). The van der Waals surface area contributed by atoms with E-state index in [1.54, 1.807) is 19.3 Å². The maximum absolute atomic E-state index is 10.9. The summed E-state index contributed by atoms with van der Waals surface area (Å²) in [6.45, 7) is 3.92. The molecule has 0 aromatic heterocycles. The number of methoxy groups -OCH3 is 2. The zero-order chi connectivity index (χ0) is 18.7. The van der Waals surface area contributed by atoms with E-state index in [9.17, 15) is 4.79 Å². The Labute approximate surface area is 149 Å². The van der Waals surface area contributed by atoms with Crippen molar-refractivity contribution in [2.75, 3.05) is 14.2 Å². The standard InChI is InChI=1S/C11H14O3.C10H12O/c1-3-4-9-5-7-11(14-2,8-6-9)10(12)13;1-3-4-9-5-7-10(11-2)8-6-9/h3-7H,8H2,1-2H3,(H,12,13);3-8H,1-2H3/b4-3+;. The van der Waals surface area contributed by atoms with E-state index < -0.39 is 11.6 Å². The quantitative estimate of drug-likeness (QED) is 0.846. The Bertz CT molecular complexity index is 666. The number of carbonyl (C=O) groups is 1. The summed E-state index contributed by atoms with van der Waals surface area (Å²) in [5.41, 5.74) is 1.04. The molecule has 1 N–H and O–H groups in total. The molecule has 0 heterocycles. The molecule has 0 bridgehead atoms. The lowest BCUT2D eigenvalue weighted by Gasteiger charge is -2.25. The first-order chi connectivity index (χ1) is 12.0. The molecule has 0 aliphatic heterocycles. The molecule has 1 aliphatic rings. The van der Waals surface area contributed by atoms with Crippen molar-refractivity contribution in [3.05, 3.63) is 71.9 Å². The van der Waals surface area contributed by atoms with Crippen LogP contribution >= 0.6 is 0 Å². The van der Waals surface area contributed by atoms with E-state index in [4.69, 9.17) is 14.6 Å². The molecule has 25 heavy (non-hydrogen) atoms. The van der Waals surface area contributed by atoms with Gasteiger partial charge in [-0.2, -0.15) is 0 Å². The lowest BCUT2D eigenvalue weighted by atomic mass is 9.92. The van der Waals surface area contributed by atoms with Crippen LogP contribution in [0.5, 0.6) is 5.75 Å². The van der Waals surface area contributed by atoms with E-state index in [1.165, 1.54) is 12.7 Å². The minimum Gasteiger partial charge on any atom is -0.497 e. The van der Waals surface area contributed by atoms with Crippen LogP contribution < -0.4 is 4.74 Å². The van der Waals surface area contributed by atoms with Gasteiger partial charge in [0.25, 0.3) is 0 Å². The molecule has 0 saturated carbocycles. The molecule has 4 nitrogen and oxygen atoms in total. The number of hydrogen-bond donors (Lipinski definition) is 1. The smallest absolute Gasteiger partial charge is 0.340 e. The van der Waals surface area contributed by atoms with Crippen molar-refractivity contribution in [2.45, 2.75) is 25.9 Å². The Morgan fingerprint density at radius 1 is 1.12 bits per heavy atom. The van der Waals surface area contributed by atoms with E-state index in [0.717, 1.165) is 11.3 Å². The average molecular weight is 342 g/mol. The minimum atomic E-state index is -1.18. The topological polar surface area (TPSA) is 55.8 Å². The van der Waals surface area contributed by atoms with Gasteiger partial charge in [0.05, 0.1) is 7.11 Å². The molecule has 134 valence electrons. The Morgan fingerprint density at radius 2 is 1.76 bits per heavy atom. The molecule has 0 radical (unpaired) electrons. The van der Waals surface area contributed by atoms with Gasteiger partial charge in [-0.15, -0.1) is 0 Å². The Morgan fingerprint density at radius 3 is 2.16 bits per heavy atom. The van der Waals surface area contributed by atoms with Crippen molar-refractivity contribution in [2.24, 2.45) is 0 Å². The second-order valence-corrected chi connectivity index (χ2v) is 5.41. The highest BCUT2D eigenvalue weighted by Crippen LogP contribution is 2.25. The van der Waals surface area contributed by atoms with Gasteiger partial charge < -0.3 is 14.6 Å². The van der Waals surface area contributed by atoms with Crippen LogP contribution in [0.1, 0.15) is 25.8 Å². The SMILES string of the molecule is C/C=C/C1=CCC(OC)(C(=O)O)C=C1.CC=Cc1ccc(OC)cc1. The van der Waals surface area contributed by atoms with Gasteiger partial charge in [0.1, 0.15) is 5.75 Å². The lowest BCUT2D eigenvalue weighted by molar-refractivity contribution is -0.156. The fraction of sp³-hybridized carbons (Fsp3) is 0.286. The largest absolute Gasteiger partial charge is 0.497 e. The van der Waals surface area contributed by atoms with E-state index in [0.29, 0.717) is 6.42 Å². The predicted octanol–water partition coefficient (Wildman–Crippen LogP) is 4.65. The van der Waals surface area contributed by atoms with Crippen molar-refractivity contribution < 1.29 is 19.4 Å². The van der Waals surface area contributed by atoms with E-state index in [1.807, 2.05) is 62.4 Å². The second-order valence-electron chi connectivity index (χ2n) is 5.41. The Kier molecular flexibility index (Phi) is 8.44. The van der Waals surface area contributed by atoms with Crippen LogP contribution in [0, 0.1) is 0 Å². The normalized spacial score (nSPS) is 19.4. The molecule has 1 aliphatic carbocycles. The van der Waals surface area contributed by atoms with Crippen LogP contribution in [0.15, 0.2) is 66.3 Å². The minimum absolute atomic E-state index is 0.370. The molecule has 0 saturated heterocycles. The first-order valence-corrected chi connectivity index (χ1v) is 8.08. The highest BCUT2D eigenvalue weighted by molar-refractivity contribution is 5.81. The molecular formula is C21H26O4. The molecule has 0 amide bonds. The third kappa shape index (κ3) is 6.08. The van der Waals surface area contributed by atoms with Crippen molar-refractivity contribution in [1.82, 2.24) is 0 Å². The average Bonchev–Trinajstić information content (AvgIpc) is 2.64. The Balaban J connectivity index is 0.000000257. The number of carboxylic acids is 1. The highest BCUT2D eigenvalue weighted by Gasteiger charge is 2.36. The summed E-state index contributed by atoms with van der Waals surface area (Å²) in [7, 11) is 3.08. The van der Waals surface area contributed by atoms with Gasteiger partial charge in [0, 0.05) is 13.5 Å². The molecule has 1 aromatic carbocycles. The summed E-state index contributed by atoms with van der Waals surface area (Å²) >= 11 is 0. The Hall–Kier alpha value is -2.59. The van der Waals surface area contributed by atoms with Gasteiger partial charge in [0.2, 0.25) is 0 Å². The molecule has 1 atom stereocenters. The first kappa shape index (κ1) is 20.5. The van der Waals surface area contributed by atoms with Gasteiger partial charge in [-0.1, -0.05) is 48.6 Å². The van der Waals surface area contributed by atoms with Crippen molar-refractivity contribution >= 4 is 12.0 Å². The van der Waals surface area contributed by atoms with Gasteiger partial charge in [-0.05, 0) is 43.2 Å². The van der Waals surface area contributed by atoms with Gasteiger partial charge >= 0.3 is 5.97 Å². The fourth-order valence-electron chi connectivity index (χ4n) is 2.26. The molecular weight excluding hydrogens is 316 g/mol. The van der Waals surface area contributed by atoms with E-state index >= 15 is 0 Å². The molecule has 0 fully saturated rings. The van der Waals surface area contributed by atoms with Crippen molar-refractivity contribution in [3.8, 4) is 5.75 Å². The number of ether oxygens (including phenoxy) is 2. The summed E-state index contributed by atoms with van der Waals surface area (Å²) in [6, 6.07) is 7.96. The van der Waals surface area contributed by atoms with Gasteiger partial charge in [-0.3, -0.25) is 0 Å². The van der Waals surface area contributed by atoms with E-state index in [2.05, 4.69) is 6.08 Å². The fourth-order valence-corrected chi connectivity index (χ4v) is 2.26. The summed E-state index contributed by atoms with van der Waals surface area (Å²) in [4.78, 5) is 10.9. The van der Waals surface area contributed by atoms with Crippen LogP contribution in [0.3, 0.4) is 0 Å². The molecule has 1 unspecified atom stereocenters. The number of hydrogen-bond acceptors (Lipinski definition) is 3.